The third-order valence-electron chi connectivity index (χ3n) is 5.28. The van der Waals surface area contributed by atoms with Crippen molar-refractivity contribution in [1.82, 2.24) is 24.9 Å². The van der Waals surface area contributed by atoms with E-state index in [0.29, 0.717) is 39.5 Å². The fraction of sp³-hybridized carbons (Fsp3) is 0.350. The molecule has 0 amide bonds. The van der Waals surface area contributed by atoms with Crippen LogP contribution < -0.4 is 20.9 Å². The van der Waals surface area contributed by atoms with E-state index in [1.807, 2.05) is 0 Å². The number of aromatic nitrogens is 4. The van der Waals surface area contributed by atoms with Crippen LogP contribution in [0.3, 0.4) is 0 Å². The van der Waals surface area contributed by atoms with E-state index in [1.54, 1.807) is 12.1 Å². The maximum absolute atomic E-state index is 9.53. The fourth-order valence-corrected chi connectivity index (χ4v) is 3.83. The zero-order chi connectivity index (χ0) is 21.4. The Labute approximate surface area is 183 Å². The Balaban J connectivity index is 1.56. The summed E-state index contributed by atoms with van der Waals surface area (Å²) in [4.78, 5) is 11.0. The van der Waals surface area contributed by atoms with Crippen molar-refractivity contribution >= 4 is 40.4 Å². The zero-order valence-corrected chi connectivity index (χ0v) is 17.3. The van der Waals surface area contributed by atoms with Crippen LogP contribution in [0.25, 0.3) is 5.65 Å². The second-order valence-electron chi connectivity index (χ2n) is 7.52. The highest BCUT2D eigenvalue weighted by Crippen LogP contribution is 2.36. The molecule has 0 spiro atoms. The SMILES string of the molecule is N#Cc1cc(Nc2nc(NC3CC3)c3ncc(C#N)n3n2)c(Cl)c(N2CCNCC2)c1. The summed E-state index contributed by atoms with van der Waals surface area (Å²) < 4.78 is 1.46. The minimum Gasteiger partial charge on any atom is -0.368 e. The lowest BCUT2D eigenvalue weighted by Crippen LogP contribution is -2.43. The lowest BCUT2D eigenvalue weighted by atomic mass is 10.1. The minimum atomic E-state index is 0.258. The number of imidazole rings is 1. The molecule has 3 aromatic rings. The molecule has 2 aromatic heterocycles. The fourth-order valence-electron chi connectivity index (χ4n) is 3.55. The summed E-state index contributed by atoms with van der Waals surface area (Å²) in [6, 6.07) is 8.11. The molecular weight excluding hydrogens is 416 g/mol. The van der Waals surface area contributed by atoms with Crippen LogP contribution in [0.15, 0.2) is 18.3 Å². The van der Waals surface area contributed by atoms with Gasteiger partial charge in [-0.2, -0.15) is 20.0 Å². The molecule has 0 unspecified atom stereocenters. The van der Waals surface area contributed by atoms with Gasteiger partial charge in [0, 0.05) is 32.2 Å². The van der Waals surface area contributed by atoms with E-state index in [9.17, 15) is 10.5 Å². The van der Waals surface area contributed by atoms with E-state index in [0.717, 1.165) is 44.7 Å². The van der Waals surface area contributed by atoms with E-state index >= 15 is 0 Å². The third kappa shape index (κ3) is 3.79. The number of nitrogens with zero attached hydrogens (tertiary/aromatic N) is 7. The van der Waals surface area contributed by atoms with E-state index < -0.39 is 0 Å². The highest BCUT2D eigenvalue weighted by molar-refractivity contribution is 6.36. The summed E-state index contributed by atoms with van der Waals surface area (Å²) in [5, 5.41) is 33.7. The van der Waals surface area contributed by atoms with Gasteiger partial charge in [0.1, 0.15) is 6.07 Å². The Morgan fingerprint density at radius 1 is 1.16 bits per heavy atom. The molecule has 2 fully saturated rings. The van der Waals surface area contributed by atoms with Gasteiger partial charge in [-0.25, -0.2) is 4.98 Å². The number of halogens is 1. The molecule has 0 atom stereocenters. The number of fused-ring (bicyclic) bond motifs is 1. The van der Waals surface area contributed by atoms with Crippen LogP contribution in [0.2, 0.25) is 5.02 Å². The van der Waals surface area contributed by atoms with Crippen LogP contribution >= 0.6 is 11.6 Å². The van der Waals surface area contributed by atoms with Crippen LogP contribution in [0, 0.1) is 22.7 Å². The van der Waals surface area contributed by atoms with E-state index in [2.05, 4.69) is 48.1 Å². The molecule has 3 N–H and O–H groups in total. The summed E-state index contributed by atoms with van der Waals surface area (Å²) in [5.41, 5.74) is 2.61. The molecule has 1 aliphatic heterocycles. The number of nitriles is 2. The Kier molecular flexibility index (Phi) is 4.94. The quantitative estimate of drug-likeness (QED) is 0.553. The van der Waals surface area contributed by atoms with Gasteiger partial charge in [-0.1, -0.05) is 11.6 Å². The van der Waals surface area contributed by atoms with E-state index in [1.165, 1.54) is 10.7 Å². The number of nitrogens with one attached hydrogen (secondary N) is 3. The average molecular weight is 435 g/mol. The molecule has 1 saturated carbocycles. The molecular formula is C20H19ClN10. The molecule has 1 saturated heterocycles. The number of anilines is 4. The van der Waals surface area contributed by atoms with Gasteiger partial charge in [-0.3, -0.25) is 0 Å². The van der Waals surface area contributed by atoms with Gasteiger partial charge in [0.25, 0.3) is 0 Å². The lowest BCUT2D eigenvalue weighted by molar-refractivity contribution is 0.589. The van der Waals surface area contributed by atoms with E-state index in [4.69, 9.17) is 11.6 Å². The number of piperazine rings is 1. The average Bonchev–Trinajstić information content (AvgIpc) is 3.51. The van der Waals surface area contributed by atoms with Gasteiger partial charge in [-0.05, 0) is 25.0 Å². The summed E-state index contributed by atoms with van der Waals surface area (Å²) in [5.74, 6) is 0.810. The maximum atomic E-state index is 9.53. The first-order valence-electron chi connectivity index (χ1n) is 10.0. The van der Waals surface area contributed by atoms with Gasteiger partial charge in [-0.15, -0.1) is 5.10 Å². The predicted molar refractivity (Wildman–Crippen MR) is 117 cm³/mol. The van der Waals surface area contributed by atoms with Crippen molar-refractivity contribution in [3.05, 3.63) is 34.6 Å². The lowest BCUT2D eigenvalue weighted by Gasteiger charge is -2.30. The monoisotopic (exact) mass is 434 g/mol. The zero-order valence-electron chi connectivity index (χ0n) is 16.6. The van der Waals surface area contributed by atoms with Crippen molar-refractivity contribution in [3.63, 3.8) is 0 Å². The molecule has 2 aliphatic rings. The van der Waals surface area contributed by atoms with Gasteiger partial charge in [0.15, 0.2) is 17.2 Å². The number of hydrogen-bond acceptors (Lipinski definition) is 9. The molecule has 31 heavy (non-hydrogen) atoms. The molecule has 11 heteroatoms. The van der Waals surface area contributed by atoms with Gasteiger partial charge in [0.05, 0.1) is 34.2 Å². The summed E-state index contributed by atoms with van der Waals surface area (Å²) in [6.07, 6.45) is 3.60. The number of benzene rings is 1. The first kappa shape index (κ1) is 19.4. The van der Waals surface area contributed by atoms with Crippen molar-refractivity contribution in [2.75, 3.05) is 41.7 Å². The largest absolute Gasteiger partial charge is 0.368 e. The van der Waals surface area contributed by atoms with Gasteiger partial charge in [0.2, 0.25) is 5.95 Å². The minimum absolute atomic E-state index is 0.258. The Bertz CT molecular complexity index is 1230. The summed E-state index contributed by atoms with van der Waals surface area (Å²) in [6.45, 7) is 3.30. The van der Waals surface area contributed by atoms with Crippen LogP contribution in [0.4, 0.5) is 23.1 Å². The first-order chi connectivity index (χ1) is 15.2. The standard InChI is InChI=1S/C20H19ClN10/c21-17-15(7-12(9-22)8-16(17)30-5-3-24-4-6-30)27-20-28-18(26-13-1-2-13)19-25-11-14(10-23)31(19)29-20/h7-8,11,13,24H,1-6H2,(H2,26,27,28,29). The van der Waals surface area contributed by atoms with Gasteiger partial charge >= 0.3 is 0 Å². The molecule has 0 bridgehead atoms. The number of rotatable bonds is 5. The second kappa shape index (κ2) is 7.91. The molecule has 5 rings (SSSR count). The van der Waals surface area contributed by atoms with Crippen LogP contribution in [0.1, 0.15) is 24.1 Å². The molecule has 0 radical (unpaired) electrons. The second-order valence-corrected chi connectivity index (χ2v) is 7.90. The van der Waals surface area contributed by atoms with Crippen molar-refractivity contribution in [2.24, 2.45) is 0 Å². The smallest absolute Gasteiger partial charge is 0.247 e. The third-order valence-corrected chi connectivity index (χ3v) is 5.68. The van der Waals surface area contributed by atoms with Crippen LogP contribution in [-0.2, 0) is 0 Å². The summed E-state index contributed by atoms with van der Waals surface area (Å²) in [7, 11) is 0. The van der Waals surface area contributed by atoms with Crippen molar-refractivity contribution in [2.45, 2.75) is 18.9 Å². The van der Waals surface area contributed by atoms with Crippen LogP contribution in [-0.4, -0.2) is 51.8 Å². The Hall–Kier alpha value is -3.60. The van der Waals surface area contributed by atoms with Crippen molar-refractivity contribution in [1.29, 1.82) is 10.5 Å². The molecule has 156 valence electrons. The van der Waals surface area contributed by atoms with Crippen molar-refractivity contribution < 1.29 is 0 Å². The Morgan fingerprint density at radius 2 is 1.97 bits per heavy atom. The molecule has 3 heterocycles. The predicted octanol–water partition coefficient (Wildman–Crippen LogP) is 2.25. The van der Waals surface area contributed by atoms with E-state index in [-0.39, 0.29) is 5.95 Å². The maximum Gasteiger partial charge on any atom is 0.247 e. The highest BCUT2D eigenvalue weighted by Gasteiger charge is 2.24. The topological polar surface area (TPSA) is 130 Å². The molecule has 1 aliphatic carbocycles. The molecule has 1 aromatic carbocycles. The first-order valence-corrected chi connectivity index (χ1v) is 10.4. The highest BCUT2D eigenvalue weighted by atomic mass is 35.5. The molecule has 10 nitrogen and oxygen atoms in total. The van der Waals surface area contributed by atoms with Crippen LogP contribution in [0.5, 0.6) is 0 Å². The number of hydrogen-bond donors (Lipinski definition) is 3. The van der Waals surface area contributed by atoms with Crippen molar-refractivity contribution in [3.8, 4) is 12.1 Å². The van der Waals surface area contributed by atoms with Gasteiger partial charge < -0.3 is 20.9 Å². The summed E-state index contributed by atoms with van der Waals surface area (Å²) >= 11 is 6.73. The normalized spacial score (nSPS) is 16.0. The Morgan fingerprint density at radius 3 is 2.68 bits per heavy atom.